The van der Waals surface area contributed by atoms with Gasteiger partial charge in [-0.25, -0.2) is 0 Å². The summed E-state index contributed by atoms with van der Waals surface area (Å²) >= 11 is 0. The van der Waals surface area contributed by atoms with Gasteiger partial charge >= 0.3 is 0 Å². The van der Waals surface area contributed by atoms with Crippen molar-refractivity contribution in [3.05, 3.63) is 29.8 Å². The minimum atomic E-state index is -3.68. The molecule has 5 heteroatoms. The molecule has 27 heavy (non-hydrogen) atoms. The molecule has 0 bridgehead atoms. The van der Waals surface area contributed by atoms with Gasteiger partial charge in [0.05, 0.1) is 11.5 Å². The number of aryl methyl sites for hydroxylation is 1. The van der Waals surface area contributed by atoms with Crippen LogP contribution in [-0.2, 0) is 19.1 Å². The summed E-state index contributed by atoms with van der Waals surface area (Å²) in [6.45, 7) is 6.70. The Bertz CT molecular complexity index is 768. The van der Waals surface area contributed by atoms with E-state index < -0.39 is 10.1 Å². The second-order valence-corrected chi connectivity index (χ2v) is 10.4. The fraction of sp³-hybridized carbons (Fsp3) is 0.682. The molecule has 2 aliphatic rings. The van der Waals surface area contributed by atoms with Crippen molar-refractivity contribution in [3.63, 3.8) is 0 Å². The summed E-state index contributed by atoms with van der Waals surface area (Å²) in [6.07, 6.45) is 6.73. The highest BCUT2D eigenvalue weighted by atomic mass is 32.2. The highest BCUT2D eigenvalue weighted by Crippen LogP contribution is 2.57. The summed E-state index contributed by atoms with van der Waals surface area (Å²) in [6, 6.07) is 6.74. The number of carbonyl (C=O) groups excluding carboxylic acids is 1. The third-order valence-electron chi connectivity index (χ3n) is 6.98. The first-order chi connectivity index (χ1) is 12.7. The lowest BCUT2D eigenvalue weighted by atomic mass is 9.62. The van der Waals surface area contributed by atoms with Crippen molar-refractivity contribution in [2.75, 3.05) is 6.61 Å². The van der Waals surface area contributed by atoms with Crippen molar-refractivity contribution >= 4 is 15.9 Å². The first-order valence-corrected chi connectivity index (χ1v) is 11.6. The molecule has 0 radical (unpaired) electrons. The van der Waals surface area contributed by atoms with E-state index in [1.807, 2.05) is 6.92 Å². The molecular weight excluding hydrogens is 360 g/mol. The number of benzene rings is 1. The van der Waals surface area contributed by atoms with E-state index in [1.54, 1.807) is 24.3 Å². The van der Waals surface area contributed by atoms with Crippen LogP contribution in [0, 0.1) is 30.1 Å². The molecule has 1 aromatic rings. The molecule has 4 atom stereocenters. The summed E-state index contributed by atoms with van der Waals surface area (Å²) in [7, 11) is -3.68. The molecule has 0 aromatic heterocycles. The predicted octanol–water partition coefficient (Wildman–Crippen LogP) is 4.90. The van der Waals surface area contributed by atoms with Gasteiger partial charge in [0.15, 0.2) is 0 Å². The summed E-state index contributed by atoms with van der Waals surface area (Å²) in [5, 5.41) is 0. The van der Waals surface area contributed by atoms with Crippen molar-refractivity contribution in [3.8, 4) is 0 Å². The lowest BCUT2D eigenvalue weighted by Gasteiger charge is -2.42. The third kappa shape index (κ3) is 4.29. The maximum absolute atomic E-state index is 12.3. The van der Waals surface area contributed by atoms with E-state index in [-0.39, 0.29) is 22.8 Å². The molecule has 2 saturated carbocycles. The van der Waals surface area contributed by atoms with E-state index in [9.17, 15) is 13.2 Å². The van der Waals surface area contributed by atoms with Crippen LogP contribution in [0.15, 0.2) is 29.2 Å². The smallest absolute Gasteiger partial charge is 0.296 e. The number of carbonyl (C=O) groups is 1. The molecule has 150 valence electrons. The zero-order chi connectivity index (χ0) is 19.7. The molecule has 2 fully saturated rings. The molecule has 2 unspecified atom stereocenters. The Morgan fingerprint density at radius 1 is 1.22 bits per heavy atom. The number of rotatable bonds is 7. The Morgan fingerprint density at radius 3 is 2.63 bits per heavy atom. The molecule has 1 aromatic carbocycles. The molecule has 0 amide bonds. The van der Waals surface area contributed by atoms with Gasteiger partial charge in [0.2, 0.25) is 0 Å². The molecule has 2 aliphatic carbocycles. The van der Waals surface area contributed by atoms with E-state index in [4.69, 9.17) is 4.18 Å². The Hall–Kier alpha value is -1.20. The normalized spacial score (nSPS) is 29.5. The lowest BCUT2D eigenvalue weighted by molar-refractivity contribution is -0.130. The third-order valence-corrected chi connectivity index (χ3v) is 8.30. The average molecular weight is 393 g/mol. The van der Waals surface area contributed by atoms with Gasteiger partial charge < -0.3 is 0 Å². The van der Waals surface area contributed by atoms with Gasteiger partial charge in [-0.1, -0.05) is 31.5 Å². The van der Waals surface area contributed by atoms with Crippen LogP contribution in [0.4, 0.5) is 0 Å². The molecule has 3 rings (SSSR count). The van der Waals surface area contributed by atoms with Crippen molar-refractivity contribution < 1.29 is 17.4 Å². The molecule has 0 spiro atoms. The van der Waals surface area contributed by atoms with Crippen molar-refractivity contribution in [1.29, 1.82) is 0 Å². The van der Waals surface area contributed by atoms with E-state index in [0.717, 1.165) is 50.5 Å². The van der Waals surface area contributed by atoms with E-state index >= 15 is 0 Å². The van der Waals surface area contributed by atoms with Crippen molar-refractivity contribution in [2.45, 2.75) is 70.6 Å². The number of ketones is 1. The van der Waals surface area contributed by atoms with Crippen molar-refractivity contribution in [1.82, 2.24) is 0 Å². The Labute approximate surface area is 163 Å². The second kappa shape index (κ2) is 8.04. The maximum Gasteiger partial charge on any atom is 0.296 e. The predicted molar refractivity (Wildman–Crippen MR) is 106 cm³/mol. The fourth-order valence-corrected chi connectivity index (χ4v) is 6.40. The van der Waals surface area contributed by atoms with Crippen LogP contribution in [0.3, 0.4) is 0 Å². The minimum absolute atomic E-state index is 0.142. The Morgan fingerprint density at radius 2 is 1.93 bits per heavy atom. The van der Waals surface area contributed by atoms with E-state index in [2.05, 4.69) is 13.8 Å². The van der Waals surface area contributed by atoms with Gasteiger partial charge in [0.25, 0.3) is 10.1 Å². The van der Waals surface area contributed by atoms with Gasteiger partial charge in [-0.05, 0) is 74.8 Å². The van der Waals surface area contributed by atoms with Crippen LogP contribution < -0.4 is 0 Å². The molecular formula is C22H32O4S. The number of Topliss-reactive ketones (excluding diaryl/α,β-unsaturated/α-hetero) is 1. The first kappa shape index (κ1) is 20.5. The zero-order valence-electron chi connectivity index (χ0n) is 16.7. The summed E-state index contributed by atoms with van der Waals surface area (Å²) in [4.78, 5) is 12.5. The monoisotopic (exact) mass is 392 g/mol. The quantitative estimate of drug-likeness (QED) is 0.489. The van der Waals surface area contributed by atoms with Gasteiger partial charge in [-0.15, -0.1) is 0 Å². The standard InChI is InChI=1S/C22H32O4S/c1-16-8-10-18(11-9-16)27(24,25)26-15-5-6-17(2)19-12-13-20-21(23)7-4-14-22(19,20)3/h8-11,17,19-20H,4-7,12-15H2,1-3H3/t17?,19-,20?,22-/m1/s1. The van der Waals surface area contributed by atoms with Crippen LogP contribution in [0.5, 0.6) is 0 Å². The van der Waals surface area contributed by atoms with E-state index in [1.165, 1.54) is 0 Å². The molecule has 4 nitrogen and oxygen atoms in total. The van der Waals surface area contributed by atoms with Crippen LogP contribution in [0.1, 0.15) is 64.4 Å². The second-order valence-electron chi connectivity index (χ2n) is 8.77. The number of hydrogen-bond acceptors (Lipinski definition) is 4. The molecule has 0 saturated heterocycles. The Balaban J connectivity index is 1.50. The molecule has 0 aliphatic heterocycles. The molecule has 0 heterocycles. The SMILES string of the molecule is Cc1ccc(S(=O)(=O)OCCCC(C)[C@H]2CCC3C(=O)CCC[C@@]32C)cc1. The van der Waals surface area contributed by atoms with E-state index in [0.29, 0.717) is 17.6 Å². The fourth-order valence-electron chi connectivity index (χ4n) is 5.45. The Kier molecular flexibility index (Phi) is 6.11. The number of fused-ring (bicyclic) bond motifs is 1. The minimum Gasteiger partial charge on any atom is -0.299 e. The van der Waals surface area contributed by atoms with Crippen LogP contribution >= 0.6 is 0 Å². The van der Waals surface area contributed by atoms with Gasteiger partial charge in [0, 0.05) is 12.3 Å². The van der Waals surface area contributed by atoms with Gasteiger partial charge in [0.1, 0.15) is 5.78 Å². The van der Waals surface area contributed by atoms with Crippen molar-refractivity contribution in [2.24, 2.45) is 23.2 Å². The highest BCUT2D eigenvalue weighted by Gasteiger charge is 2.52. The summed E-state index contributed by atoms with van der Waals surface area (Å²) in [5.74, 6) is 1.75. The average Bonchev–Trinajstić information content (AvgIpc) is 2.97. The molecule has 0 N–H and O–H groups in total. The van der Waals surface area contributed by atoms with Crippen LogP contribution in [0.25, 0.3) is 0 Å². The summed E-state index contributed by atoms with van der Waals surface area (Å²) < 4.78 is 29.8. The van der Waals surface area contributed by atoms with Crippen LogP contribution in [-0.4, -0.2) is 20.8 Å². The number of hydrogen-bond donors (Lipinski definition) is 0. The lowest BCUT2D eigenvalue weighted by Crippen LogP contribution is -2.39. The van der Waals surface area contributed by atoms with Gasteiger partial charge in [-0.3, -0.25) is 8.98 Å². The zero-order valence-corrected chi connectivity index (χ0v) is 17.6. The largest absolute Gasteiger partial charge is 0.299 e. The van der Waals surface area contributed by atoms with Crippen LogP contribution in [0.2, 0.25) is 0 Å². The topological polar surface area (TPSA) is 60.4 Å². The van der Waals surface area contributed by atoms with Gasteiger partial charge in [-0.2, -0.15) is 8.42 Å². The maximum atomic E-state index is 12.3. The highest BCUT2D eigenvalue weighted by molar-refractivity contribution is 7.86. The summed E-state index contributed by atoms with van der Waals surface area (Å²) in [5.41, 5.74) is 1.16. The first-order valence-electron chi connectivity index (χ1n) is 10.2.